The van der Waals surface area contributed by atoms with Crippen LogP contribution < -0.4 is 14.5 Å². The first-order valence-electron chi connectivity index (χ1n) is 21.6. The smallest absolute Gasteiger partial charge is 0.127 e. The largest absolute Gasteiger partial charge is 0.485 e. The van der Waals surface area contributed by atoms with Crippen molar-refractivity contribution < 1.29 is 4.74 Å². The monoisotopic (exact) mass is 754 g/mol. The summed E-state index contributed by atoms with van der Waals surface area (Å²) in [5.74, 6) is 1.01. The Hall–Kier alpha value is -4.76. The van der Waals surface area contributed by atoms with Crippen molar-refractivity contribution >= 4 is 34.0 Å². The summed E-state index contributed by atoms with van der Waals surface area (Å²) in [6.45, 7) is 24.0. The fourth-order valence-electron chi connectivity index (χ4n) is 10.7. The summed E-state index contributed by atoms with van der Waals surface area (Å²) in [7, 11) is 0. The summed E-state index contributed by atoms with van der Waals surface area (Å²) in [5.41, 5.74) is 18.9. The zero-order valence-electron chi connectivity index (χ0n) is 36.1. The van der Waals surface area contributed by atoms with Crippen LogP contribution in [0.4, 0.5) is 28.4 Å². The molecule has 3 aliphatic carbocycles. The first-order chi connectivity index (χ1) is 27.0. The number of hydrogen-bond acceptors (Lipinski definition) is 3. The molecule has 0 spiro atoms. The molecular formula is C54H62N2O. The number of ether oxygens (including phenoxy) is 1. The lowest BCUT2D eigenvalue weighted by Crippen LogP contribution is -2.34. The van der Waals surface area contributed by atoms with Gasteiger partial charge in [0.05, 0.1) is 0 Å². The van der Waals surface area contributed by atoms with E-state index in [1.807, 2.05) is 0 Å². The van der Waals surface area contributed by atoms with E-state index in [0.717, 1.165) is 25.0 Å². The third kappa shape index (κ3) is 6.50. The summed E-state index contributed by atoms with van der Waals surface area (Å²) < 4.78 is 6.65. The number of aryl methyl sites for hydroxylation is 2. The second kappa shape index (κ2) is 13.4. The number of anilines is 5. The molecule has 0 radical (unpaired) electrons. The van der Waals surface area contributed by atoms with Gasteiger partial charge in [-0.25, -0.2) is 0 Å². The second-order valence-corrected chi connectivity index (χ2v) is 20.4. The maximum Gasteiger partial charge on any atom is 0.127 e. The van der Waals surface area contributed by atoms with Gasteiger partial charge in [-0.15, -0.1) is 0 Å². The molecule has 0 saturated heterocycles. The van der Waals surface area contributed by atoms with E-state index in [1.165, 1.54) is 104 Å². The Bertz CT molecular complexity index is 2350. The van der Waals surface area contributed by atoms with Gasteiger partial charge in [0.25, 0.3) is 0 Å². The first-order valence-corrected chi connectivity index (χ1v) is 21.6. The van der Waals surface area contributed by atoms with E-state index in [9.17, 15) is 0 Å². The first kappa shape index (κ1) is 37.8. The van der Waals surface area contributed by atoms with Crippen LogP contribution in [0.15, 0.2) is 109 Å². The van der Waals surface area contributed by atoms with Crippen molar-refractivity contribution in [2.45, 2.75) is 142 Å². The highest BCUT2D eigenvalue weighted by atomic mass is 16.5. The van der Waals surface area contributed by atoms with Crippen LogP contribution in [0.1, 0.15) is 139 Å². The van der Waals surface area contributed by atoms with Gasteiger partial charge >= 0.3 is 0 Å². The van der Waals surface area contributed by atoms with Crippen LogP contribution in [0.3, 0.4) is 0 Å². The predicted molar refractivity (Wildman–Crippen MR) is 241 cm³/mol. The molecule has 3 nitrogen and oxygen atoms in total. The molecule has 1 aliphatic heterocycles. The minimum atomic E-state index is 0.0745. The van der Waals surface area contributed by atoms with Crippen molar-refractivity contribution in [1.82, 2.24) is 0 Å². The zero-order valence-corrected chi connectivity index (χ0v) is 36.1. The van der Waals surface area contributed by atoms with Crippen molar-refractivity contribution in [3.63, 3.8) is 0 Å². The maximum absolute atomic E-state index is 6.65. The van der Waals surface area contributed by atoms with Crippen molar-refractivity contribution in [2.24, 2.45) is 0 Å². The van der Waals surface area contributed by atoms with Crippen LogP contribution in [0, 0.1) is 13.8 Å². The van der Waals surface area contributed by atoms with E-state index in [1.54, 1.807) is 0 Å². The van der Waals surface area contributed by atoms with Gasteiger partial charge in [0, 0.05) is 45.3 Å². The Morgan fingerprint density at radius 1 is 0.491 bits per heavy atom. The van der Waals surface area contributed by atoms with E-state index < -0.39 is 0 Å². The van der Waals surface area contributed by atoms with Crippen LogP contribution in [-0.4, -0.2) is 6.10 Å². The van der Waals surface area contributed by atoms with Gasteiger partial charge in [0.15, 0.2) is 0 Å². The minimum Gasteiger partial charge on any atom is -0.485 e. The van der Waals surface area contributed by atoms with Crippen LogP contribution in [0.25, 0.3) is 5.57 Å². The lowest BCUT2D eigenvalue weighted by Gasteiger charge is -2.43. The molecule has 5 aromatic carbocycles. The normalized spacial score (nSPS) is 20.8. The average molecular weight is 755 g/mol. The fourth-order valence-corrected chi connectivity index (χ4v) is 10.7. The Balaban J connectivity index is 1.28. The number of para-hydroxylation sites is 1. The molecule has 0 amide bonds. The molecule has 0 bridgehead atoms. The molecule has 0 aromatic heterocycles. The molecule has 0 saturated carbocycles. The Morgan fingerprint density at radius 2 is 1.02 bits per heavy atom. The highest BCUT2D eigenvalue weighted by Gasteiger charge is 2.40. The molecule has 0 fully saturated rings. The Kier molecular flexibility index (Phi) is 8.89. The van der Waals surface area contributed by atoms with Gasteiger partial charge in [0.2, 0.25) is 0 Å². The van der Waals surface area contributed by atoms with Crippen LogP contribution in [0.2, 0.25) is 0 Å². The second-order valence-electron chi connectivity index (χ2n) is 20.4. The lowest BCUT2D eigenvalue weighted by molar-refractivity contribution is 0.255. The SMILES string of the molecule is Cc1cccc(N(C2=C3c4ccccc4OC3CCC2)c2cc(C)cc(N(c3ccc4c(c3)C(C)(C)CCC4(C)C)c3ccc4c(c3)C(C)(C)CCC4(C)C)c2)c1. The molecule has 1 heterocycles. The third-order valence-electron chi connectivity index (χ3n) is 14.2. The van der Waals surface area contributed by atoms with Crippen molar-refractivity contribution in [2.75, 3.05) is 9.80 Å². The molecule has 4 aliphatic rings. The quantitative estimate of drug-likeness (QED) is 0.172. The third-order valence-corrected chi connectivity index (χ3v) is 14.2. The molecular weight excluding hydrogens is 693 g/mol. The zero-order chi connectivity index (χ0) is 40.1. The van der Waals surface area contributed by atoms with E-state index >= 15 is 0 Å². The van der Waals surface area contributed by atoms with Crippen LogP contribution in [-0.2, 0) is 21.7 Å². The Morgan fingerprint density at radius 3 is 1.61 bits per heavy atom. The number of hydrogen-bond donors (Lipinski definition) is 0. The fraction of sp³-hybridized carbons (Fsp3) is 0.407. The number of rotatable bonds is 6. The van der Waals surface area contributed by atoms with Gasteiger partial charge in [-0.3, -0.25) is 0 Å². The topological polar surface area (TPSA) is 15.7 Å². The van der Waals surface area contributed by atoms with Gasteiger partial charge in [-0.05, 0) is 174 Å². The molecule has 9 rings (SSSR count). The van der Waals surface area contributed by atoms with Gasteiger partial charge < -0.3 is 14.5 Å². The van der Waals surface area contributed by atoms with E-state index in [-0.39, 0.29) is 27.8 Å². The number of nitrogens with zero attached hydrogens (tertiary/aromatic N) is 2. The van der Waals surface area contributed by atoms with E-state index in [4.69, 9.17) is 4.74 Å². The molecule has 294 valence electrons. The number of allylic oxidation sites excluding steroid dienone is 1. The molecule has 1 unspecified atom stereocenters. The molecule has 1 atom stereocenters. The molecule has 5 aromatic rings. The van der Waals surface area contributed by atoms with Crippen molar-refractivity contribution in [3.05, 3.63) is 148 Å². The maximum atomic E-state index is 6.65. The van der Waals surface area contributed by atoms with Crippen molar-refractivity contribution in [3.8, 4) is 5.75 Å². The summed E-state index contributed by atoms with van der Waals surface area (Å²) in [5, 5.41) is 0. The molecule has 57 heavy (non-hydrogen) atoms. The van der Waals surface area contributed by atoms with Gasteiger partial charge in [-0.2, -0.15) is 0 Å². The average Bonchev–Trinajstić information content (AvgIpc) is 3.55. The molecule has 3 heteroatoms. The van der Waals surface area contributed by atoms with Gasteiger partial charge in [0.1, 0.15) is 11.9 Å². The Labute approximate surface area is 342 Å². The van der Waals surface area contributed by atoms with Crippen LogP contribution in [0.5, 0.6) is 5.75 Å². The number of fused-ring (bicyclic) bond motifs is 5. The number of benzene rings is 5. The standard InChI is InChI=1S/C54H62N2O/c1-35-15-13-16-37(29-35)56(47-18-14-20-49-50(47)42-17-11-12-19-48(42)57-49)41-31-36(2)30-40(32-41)55(38-21-23-43-45(33-38)53(7,8)27-25-51(43,3)4)39-22-24-44-46(34-39)54(9,10)28-26-52(44,5)6/h11-13,15-17,19,21-24,29-34,49H,14,18,20,25-28H2,1-10H3. The summed E-state index contributed by atoms with van der Waals surface area (Å²) in [4.78, 5) is 5.13. The molecule has 0 N–H and O–H groups in total. The van der Waals surface area contributed by atoms with E-state index in [2.05, 4.69) is 182 Å². The highest BCUT2D eigenvalue weighted by molar-refractivity contribution is 5.88. The summed E-state index contributed by atoms with van der Waals surface area (Å²) in [6, 6.07) is 39.7. The predicted octanol–water partition coefficient (Wildman–Crippen LogP) is 15.0. The minimum absolute atomic E-state index is 0.0745. The van der Waals surface area contributed by atoms with Crippen LogP contribution >= 0.6 is 0 Å². The van der Waals surface area contributed by atoms with E-state index in [0.29, 0.717) is 0 Å². The summed E-state index contributed by atoms with van der Waals surface area (Å²) >= 11 is 0. The van der Waals surface area contributed by atoms with Crippen molar-refractivity contribution in [1.29, 1.82) is 0 Å². The summed E-state index contributed by atoms with van der Waals surface area (Å²) in [6.07, 6.45) is 7.98. The van der Waals surface area contributed by atoms with Gasteiger partial charge in [-0.1, -0.05) is 97.9 Å². The highest BCUT2D eigenvalue weighted by Crippen LogP contribution is 2.52. The lowest BCUT2D eigenvalue weighted by atomic mass is 9.63.